The van der Waals surface area contributed by atoms with E-state index in [2.05, 4.69) is 10.6 Å². The SMILES string of the molecule is CC(C)NCC(O)COc1ccc(CC(=O)NC(C)(C)C)cc1. The zero-order chi connectivity index (χ0) is 17.5. The molecular formula is C18H30N2O3. The Bertz CT molecular complexity index is 478. The number of hydrogen-bond acceptors (Lipinski definition) is 4. The van der Waals surface area contributed by atoms with Gasteiger partial charge < -0.3 is 20.5 Å². The molecule has 130 valence electrons. The Balaban J connectivity index is 2.40. The summed E-state index contributed by atoms with van der Waals surface area (Å²) in [6.45, 7) is 10.7. The summed E-state index contributed by atoms with van der Waals surface area (Å²) in [4.78, 5) is 11.9. The minimum absolute atomic E-state index is 0.00125. The Morgan fingerprint density at radius 2 is 1.83 bits per heavy atom. The summed E-state index contributed by atoms with van der Waals surface area (Å²) in [5.74, 6) is 0.690. The highest BCUT2D eigenvalue weighted by molar-refractivity contribution is 5.79. The number of benzene rings is 1. The summed E-state index contributed by atoms with van der Waals surface area (Å²) in [7, 11) is 0. The minimum atomic E-state index is -0.547. The standard InChI is InChI=1S/C18H30N2O3/c1-13(2)19-11-15(21)12-23-16-8-6-14(7-9-16)10-17(22)20-18(3,4)5/h6-9,13,15,19,21H,10-12H2,1-5H3,(H,20,22). The Kier molecular flexibility index (Phi) is 7.52. The van der Waals surface area contributed by atoms with Crippen molar-refractivity contribution in [3.8, 4) is 5.75 Å². The van der Waals surface area contributed by atoms with E-state index in [1.54, 1.807) is 0 Å². The third-order valence-corrected chi connectivity index (χ3v) is 3.01. The van der Waals surface area contributed by atoms with Gasteiger partial charge >= 0.3 is 0 Å². The van der Waals surface area contributed by atoms with Crippen LogP contribution in [0.1, 0.15) is 40.2 Å². The van der Waals surface area contributed by atoms with Crippen LogP contribution >= 0.6 is 0 Å². The number of aliphatic hydroxyl groups is 1. The van der Waals surface area contributed by atoms with Crippen LogP contribution in [0.5, 0.6) is 5.75 Å². The van der Waals surface area contributed by atoms with Crippen molar-refractivity contribution in [3.63, 3.8) is 0 Å². The molecule has 5 nitrogen and oxygen atoms in total. The molecule has 23 heavy (non-hydrogen) atoms. The predicted molar refractivity (Wildman–Crippen MR) is 92.7 cm³/mol. The normalized spacial score (nSPS) is 13.0. The zero-order valence-electron chi connectivity index (χ0n) is 14.8. The number of amides is 1. The molecule has 5 heteroatoms. The van der Waals surface area contributed by atoms with Crippen molar-refractivity contribution in [2.24, 2.45) is 0 Å². The van der Waals surface area contributed by atoms with Gasteiger partial charge in [-0.05, 0) is 38.5 Å². The Labute approximate surface area is 139 Å². The fourth-order valence-corrected chi connectivity index (χ4v) is 1.97. The zero-order valence-corrected chi connectivity index (χ0v) is 14.8. The second kappa shape index (κ2) is 8.89. The van der Waals surface area contributed by atoms with Crippen LogP contribution in [0.4, 0.5) is 0 Å². The molecule has 0 bridgehead atoms. The van der Waals surface area contributed by atoms with Gasteiger partial charge in [0.1, 0.15) is 18.5 Å². The van der Waals surface area contributed by atoms with Crippen LogP contribution in [0, 0.1) is 0 Å². The van der Waals surface area contributed by atoms with Gasteiger partial charge in [-0.1, -0.05) is 26.0 Å². The highest BCUT2D eigenvalue weighted by atomic mass is 16.5. The van der Waals surface area contributed by atoms with Crippen LogP contribution < -0.4 is 15.4 Å². The molecule has 0 fully saturated rings. The van der Waals surface area contributed by atoms with Gasteiger partial charge in [-0.25, -0.2) is 0 Å². The Hall–Kier alpha value is -1.59. The van der Waals surface area contributed by atoms with Gasteiger partial charge in [0.2, 0.25) is 5.91 Å². The topological polar surface area (TPSA) is 70.6 Å². The summed E-state index contributed by atoms with van der Waals surface area (Å²) >= 11 is 0. The van der Waals surface area contributed by atoms with E-state index in [-0.39, 0.29) is 18.1 Å². The molecular weight excluding hydrogens is 292 g/mol. The first-order chi connectivity index (χ1) is 10.7. The van der Waals surface area contributed by atoms with Gasteiger partial charge in [0.25, 0.3) is 0 Å². The number of rotatable bonds is 8. The lowest BCUT2D eigenvalue weighted by Gasteiger charge is -2.20. The van der Waals surface area contributed by atoms with Gasteiger partial charge in [0.05, 0.1) is 6.42 Å². The van der Waals surface area contributed by atoms with Crippen LogP contribution in [0.25, 0.3) is 0 Å². The average Bonchev–Trinajstić information content (AvgIpc) is 2.42. The van der Waals surface area contributed by atoms with Crippen LogP contribution in [-0.4, -0.2) is 41.9 Å². The second-order valence-electron chi connectivity index (χ2n) is 7.15. The average molecular weight is 322 g/mol. The number of hydrogen-bond donors (Lipinski definition) is 3. The number of ether oxygens (including phenoxy) is 1. The minimum Gasteiger partial charge on any atom is -0.491 e. The fourth-order valence-electron chi connectivity index (χ4n) is 1.97. The lowest BCUT2D eigenvalue weighted by Crippen LogP contribution is -2.41. The van der Waals surface area contributed by atoms with Crippen molar-refractivity contribution in [2.75, 3.05) is 13.2 Å². The molecule has 0 aliphatic rings. The Morgan fingerprint density at radius 1 is 1.22 bits per heavy atom. The highest BCUT2D eigenvalue weighted by Crippen LogP contribution is 2.13. The van der Waals surface area contributed by atoms with Crippen molar-refractivity contribution in [3.05, 3.63) is 29.8 Å². The van der Waals surface area contributed by atoms with E-state index in [1.165, 1.54) is 0 Å². The van der Waals surface area contributed by atoms with E-state index >= 15 is 0 Å². The van der Waals surface area contributed by atoms with Crippen molar-refractivity contribution in [2.45, 2.75) is 58.7 Å². The largest absolute Gasteiger partial charge is 0.491 e. The lowest BCUT2D eigenvalue weighted by molar-refractivity contribution is -0.121. The van der Waals surface area contributed by atoms with E-state index in [0.717, 1.165) is 5.56 Å². The van der Waals surface area contributed by atoms with E-state index in [9.17, 15) is 9.90 Å². The molecule has 0 aromatic heterocycles. The van der Waals surface area contributed by atoms with Crippen LogP contribution in [-0.2, 0) is 11.2 Å². The molecule has 0 saturated heterocycles. The fraction of sp³-hybridized carbons (Fsp3) is 0.611. The van der Waals surface area contributed by atoms with Crippen LogP contribution in [0.15, 0.2) is 24.3 Å². The quantitative estimate of drug-likeness (QED) is 0.683. The van der Waals surface area contributed by atoms with Crippen molar-refractivity contribution in [1.82, 2.24) is 10.6 Å². The summed E-state index contributed by atoms with van der Waals surface area (Å²) in [6, 6.07) is 7.72. The summed E-state index contributed by atoms with van der Waals surface area (Å²) in [5, 5.41) is 15.9. The molecule has 1 aromatic rings. The number of carbonyl (C=O) groups excluding carboxylic acids is 1. The molecule has 3 N–H and O–H groups in total. The number of carbonyl (C=O) groups is 1. The van der Waals surface area contributed by atoms with E-state index in [0.29, 0.717) is 24.8 Å². The monoisotopic (exact) mass is 322 g/mol. The van der Waals surface area contributed by atoms with Gasteiger partial charge in [-0.3, -0.25) is 4.79 Å². The van der Waals surface area contributed by atoms with Crippen molar-refractivity contribution >= 4 is 5.91 Å². The summed E-state index contributed by atoms with van der Waals surface area (Å²) in [6.07, 6.45) is -0.201. The van der Waals surface area contributed by atoms with Crippen molar-refractivity contribution in [1.29, 1.82) is 0 Å². The second-order valence-corrected chi connectivity index (χ2v) is 7.15. The molecule has 0 heterocycles. The molecule has 0 radical (unpaired) electrons. The number of nitrogens with one attached hydrogen (secondary N) is 2. The summed E-state index contributed by atoms with van der Waals surface area (Å²) in [5.41, 5.74) is 0.710. The van der Waals surface area contributed by atoms with Gasteiger partial charge in [0, 0.05) is 18.1 Å². The van der Waals surface area contributed by atoms with E-state index in [4.69, 9.17) is 4.74 Å². The number of aliphatic hydroxyl groups excluding tert-OH is 1. The first-order valence-corrected chi connectivity index (χ1v) is 8.10. The van der Waals surface area contributed by atoms with E-state index in [1.807, 2.05) is 58.9 Å². The molecule has 1 aromatic carbocycles. The third kappa shape index (κ3) is 9.21. The van der Waals surface area contributed by atoms with Crippen LogP contribution in [0.3, 0.4) is 0 Å². The molecule has 1 amide bonds. The maximum atomic E-state index is 11.9. The lowest BCUT2D eigenvalue weighted by atomic mass is 10.1. The summed E-state index contributed by atoms with van der Waals surface area (Å²) < 4.78 is 5.55. The molecule has 0 saturated carbocycles. The highest BCUT2D eigenvalue weighted by Gasteiger charge is 2.14. The van der Waals surface area contributed by atoms with Crippen LogP contribution in [0.2, 0.25) is 0 Å². The molecule has 0 spiro atoms. The maximum Gasteiger partial charge on any atom is 0.224 e. The molecule has 1 atom stereocenters. The Morgan fingerprint density at radius 3 is 2.35 bits per heavy atom. The first-order valence-electron chi connectivity index (χ1n) is 8.10. The smallest absolute Gasteiger partial charge is 0.224 e. The molecule has 0 aliphatic heterocycles. The maximum absolute atomic E-state index is 11.9. The molecule has 0 aliphatic carbocycles. The van der Waals surface area contributed by atoms with Gasteiger partial charge in [-0.15, -0.1) is 0 Å². The van der Waals surface area contributed by atoms with E-state index < -0.39 is 6.10 Å². The molecule has 1 rings (SSSR count). The van der Waals surface area contributed by atoms with Crippen molar-refractivity contribution < 1.29 is 14.6 Å². The van der Waals surface area contributed by atoms with Gasteiger partial charge in [-0.2, -0.15) is 0 Å². The first kappa shape index (κ1) is 19.5. The van der Waals surface area contributed by atoms with Gasteiger partial charge in [0.15, 0.2) is 0 Å². The third-order valence-electron chi connectivity index (χ3n) is 3.01. The molecule has 1 unspecified atom stereocenters. The predicted octanol–water partition coefficient (Wildman–Crippen LogP) is 1.88.